The highest BCUT2D eigenvalue weighted by atomic mass is 32.2. The number of hydrogen-bond acceptors (Lipinski definition) is 3. The molecule has 1 rings (SSSR count). The van der Waals surface area contributed by atoms with Crippen LogP contribution in [0.3, 0.4) is 0 Å². The fourth-order valence-electron chi connectivity index (χ4n) is 2.24. The molecule has 0 aromatic rings. The van der Waals surface area contributed by atoms with Gasteiger partial charge in [-0.1, -0.05) is 13.8 Å². The molecule has 0 amide bonds. The molecule has 6 heteroatoms. The Morgan fingerprint density at radius 1 is 1.42 bits per heavy atom. The molecule has 0 radical (unpaired) electrons. The fraction of sp³-hybridized carbons (Fsp3) is 0.923. The maximum atomic E-state index is 11.5. The molecule has 0 saturated carbocycles. The van der Waals surface area contributed by atoms with Crippen molar-refractivity contribution in [2.75, 3.05) is 37.7 Å². The molecule has 0 bridgehead atoms. The summed E-state index contributed by atoms with van der Waals surface area (Å²) in [5.41, 5.74) is 0. The summed E-state index contributed by atoms with van der Waals surface area (Å²) in [5, 5.41) is 3.26. The first-order chi connectivity index (χ1) is 8.98. The van der Waals surface area contributed by atoms with Gasteiger partial charge in [-0.25, -0.2) is 8.42 Å². The van der Waals surface area contributed by atoms with Crippen LogP contribution in [0.25, 0.3) is 0 Å². The van der Waals surface area contributed by atoms with Crippen molar-refractivity contribution < 1.29 is 8.42 Å². The van der Waals surface area contributed by atoms with Crippen LogP contribution in [0.15, 0.2) is 4.99 Å². The third-order valence-electron chi connectivity index (χ3n) is 3.40. The maximum absolute atomic E-state index is 11.5. The number of aliphatic imine (C=N–C) groups is 1. The molecule has 1 aliphatic rings. The highest BCUT2D eigenvalue weighted by Crippen LogP contribution is 2.15. The van der Waals surface area contributed by atoms with Crippen molar-refractivity contribution in [2.45, 2.75) is 33.6 Å². The maximum Gasteiger partial charge on any atom is 0.193 e. The van der Waals surface area contributed by atoms with Crippen LogP contribution in [0.2, 0.25) is 0 Å². The van der Waals surface area contributed by atoms with Crippen LogP contribution in [0.5, 0.6) is 0 Å². The standard InChI is InChI=1S/C13H27N3O2S/c1-4-14-13(15-8-10-19(17,18)5-2)16-9-6-7-12(3)11-16/h12H,4-11H2,1-3H3,(H,14,15). The van der Waals surface area contributed by atoms with Crippen LogP contribution >= 0.6 is 0 Å². The number of piperidine rings is 1. The number of guanidine groups is 1. The van der Waals surface area contributed by atoms with Gasteiger partial charge >= 0.3 is 0 Å². The number of rotatable bonds is 5. The smallest absolute Gasteiger partial charge is 0.193 e. The molecule has 0 spiro atoms. The first-order valence-corrected chi connectivity index (χ1v) is 9.04. The third kappa shape index (κ3) is 5.80. The second-order valence-corrected chi connectivity index (χ2v) is 7.64. The number of sulfone groups is 1. The average Bonchev–Trinajstić information content (AvgIpc) is 2.37. The van der Waals surface area contributed by atoms with Crippen LogP contribution in [0.1, 0.15) is 33.6 Å². The summed E-state index contributed by atoms with van der Waals surface area (Å²) in [7, 11) is -2.92. The van der Waals surface area contributed by atoms with E-state index in [0.29, 0.717) is 12.5 Å². The summed E-state index contributed by atoms with van der Waals surface area (Å²) >= 11 is 0. The number of likely N-dealkylation sites (tertiary alicyclic amines) is 1. The first-order valence-electron chi connectivity index (χ1n) is 7.22. The SMILES string of the molecule is CCNC(=NCCS(=O)(=O)CC)N1CCCC(C)C1. The summed E-state index contributed by atoms with van der Waals surface area (Å²) in [6.45, 7) is 9.14. The van der Waals surface area contributed by atoms with Crippen LogP contribution in [0, 0.1) is 5.92 Å². The van der Waals surface area contributed by atoms with E-state index in [4.69, 9.17) is 0 Å². The van der Waals surface area contributed by atoms with E-state index in [0.717, 1.165) is 25.6 Å². The summed E-state index contributed by atoms with van der Waals surface area (Å²) in [6, 6.07) is 0. The van der Waals surface area contributed by atoms with Crippen molar-refractivity contribution in [1.82, 2.24) is 10.2 Å². The van der Waals surface area contributed by atoms with Gasteiger partial charge in [0.05, 0.1) is 12.3 Å². The van der Waals surface area contributed by atoms with E-state index in [9.17, 15) is 8.42 Å². The average molecular weight is 289 g/mol. The minimum absolute atomic E-state index is 0.141. The topological polar surface area (TPSA) is 61.8 Å². The van der Waals surface area contributed by atoms with E-state index in [1.807, 2.05) is 6.92 Å². The lowest BCUT2D eigenvalue weighted by Gasteiger charge is -2.33. The van der Waals surface area contributed by atoms with E-state index in [-0.39, 0.29) is 11.5 Å². The predicted molar refractivity (Wildman–Crippen MR) is 80.3 cm³/mol. The molecule has 1 N–H and O–H groups in total. The van der Waals surface area contributed by atoms with Gasteiger partial charge in [-0.3, -0.25) is 4.99 Å². The van der Waals surface area contributed by atoms with Crippen LogP contribution in [-0.2, 0) is 9.84 Å². The molecule has 0 aromatic carbocycles. The van der Waals surface area contributed by atoms with E-state index in [1.165, 1.54) is 12.8 Å². The predicted octanol–water partition coefficient (Wildman–Crippen LogP) is 1.12. The largest absolute Gasteiger partial charge is 0.357 e. The molecule has 0 aromatic heterocycles. The van der Waals surface area contributed by atoms with Crippen LogP contribution in [-0.4, -0.2) is 57.0 Å². The van der Waals surface area contributed by atoms with Gasteiger partial charge in [0.25, 0.3) is 0 Å². The lowest BCUT2D eigenvalue weighted by molar-refractivity contribution is 0.266. The Morgan fingerprint density at radius 3 is 2.74 bits per heavy atom. The highest BCUT2D eigenvalue weighted by molar-refractivity contribution is 7.91. The second-order valence-electron chi connectivity index (χ2n) is 5.17. The molecule has 112 valence electrons. The summed E-state index contributed by atoms with van der Waals surface area (Å²) in [4.78, 5) is 6.70. The van der Waals surface area contributed by atoms with Gasteiger partial charge < -0.3 is 10.2 Å². The van der Waals surface area contributed by atoms with Crippen molar-refractivity contribution in [3.8, 4) is 0 Å². The Bertz CT molecular complexity index is 393. The fourth-order valence-corrected chi connectivity index (χ4v) is 2.90. The van der Waals surface area contributed by atoms with E-state index in [1.54, 1.807) is 6.92 Å². The summed E-state index contributed by atoms with van der Waals surface area (Å²) < 4.78 is 22.9. The molecule has 1 saturated heterocycles. The second kappa shape index (κ2) is 7.72. The van der Waals surface area contributed by atoms with Gasteiger partial charge in [-0.05, 0) is 25.7 Å². The zero-order valence-electron chi connectivity index (χ0n) is 12.4. The minimum atomic E-state index is -2.92. The zero-order chi connectivity index (χ0) is 14.3. The first kappa shape index (κ1) is 16.3. The van der Waals surface area contributed by atoms with Crippen LogP contribution in [0.4, 0.5) is 0 Å². The normalized spacial score (nSPS) is 21.5. The zero-order valence-corrected chi connectivity index (χ0v) is 13.2. The molecule has 0 aliphatic carbocycles. The molecule has 19 heavy (non-hydrogen) atoms. The molecule has 1 atom stereocenters. The van der Waals surface area contributed by atoms with Crippen molar-refractivity contribution >= 4 is 15.8 Å². The van der Waals surface area contributed by atoms with Crippen LogP contribution < -0.4 is 5.32 Å². The van der Waals surface area contributed by atoms with Crippen molar-refractivity contribution in [2.24, 2.45) is 10.9 Å². The molecule has 1 aliphatic heterocycles. The lowest BCUT2D eigenvalue weighted by atomic mass is 10.0. The Hall–Kier alpha value is -0.780. The Kier molecular flexibility index (Phi) is 6.62. The number of hydrogen-bond donors (Lipinski definition) is 1. The Labute approximate surface area is 117 Å². The molecule has 1 fully saturated rings. The Balaban J connectivity index is 2.60. The van der Waals surface area contributed by atoms with Gasteiger partial charge in [0.15, 0.2) is 15.8 Å². The van der Waals surface area contributed by atoms with Gasteiger partial charge in [0.2, 0.25) is 0 Å². The quantitative estimate of drug-likeness (QED) is 0.608. The number of nitrogens with one attached hydrogen (secondary N) is 1. The molecule has 5 nitrogen and oxygen atoms in total. The minimum Gasteiger partial charge on any atom is -0.357 e. The molecular formula is C13H27N3O2S. The molecule has 1 heterocycles. The van der Waals surface area contributed by atoms with Gasteiger partial charge in [-0.15, -0.1) is 0 Å². The monoisotopic (exact) mass is 289 g/mol. The molecule has 1 unspecified atom stereocenters. The third-order valence-corrected chi connectivity index (χ3v) is 5.08. The Morgan fingerprint density at radius 2 is 2.16 bits per heavy atom. The van der Waals surface area contributed by atoms with E-state index in [2.05, 4.69) is 22.1 Å². The summed E-state index contributed by atoms with van der Waals surface area (Å²) in [6.07, 6.45) is 2.44. The van der Waals surface area contributed by atoms with Crippen molar-refractivity contribution in [3.63, 3.8) is 0 Å². The van der Waals surface area contributed by atoms with Gasteiger partial charge in [0, 0.05) is 25.4 Å². The van der Waals surface area contributed by atoms with Crippen molar-refractivity contribution in [3.05, 3.63) is 0 Å². The van der Waals surface area contributed by atoms with Gasteiger partial charge in [0.1, 0.15) is 0 Å². The van der Waals surface area contributed by atoms with E-state index < -0.39 is 9.84 Å². The van der Waals surface area contributed by atoms with E-state index >= 15 is 0 Å². The van der Waals surface area contributed by atoms with Crippen molar-refractivity contribution in [1.29, 1.82) is 0 Å². The summed E-state index contributed by atoms with van der Waals surface area (Å²) in [5.74, 6) is 1.87. The highest BCUT2D eigenvalue weighted by Gasteiger charge is 2.19. The lowest BCUT2D eigenvalue weighted by Crippen LogP contribution is -2.46. The number of nitrogens with zero attached hydrogens (tertiary/aromatic N) is 2. The van der Waals surface area contributed by atoms with Gasteiger partial charge in [-0.2, -0.15) is 0 Å². The molecular weight excluding hydrogens is 262 g/mol.